The Morgan fingerprint density at radius 1 is 1.38 bits per heavy atom. The number of esters is 1. The molecule has 0 aromatic heterocycles. The summed E-state index contributed by atoms with van der Waals surface area (Å²) in [6, 6.07) is -1.26. The van der Waals surface area contributed by atoms with E-state index in [1.54, 1.807) is 40.6 Å². The van der Waals surface area contributed by atoms with Gasteiger partial charge < -0.3 is 19.6 Å². The molecule has 3 heterocycles. The number of nitrogens with zero attached hydrogens (tertiary/aromatic N) is 2. The monoisotopic (exact) mass is 464 g/mol. The highest BCUT2D eigenvalue weighted by molar-refractivity contribution is 8.02. The lowest BCUT2D eigenvalue weighted by Crippen LogP contribution is -2.60. The van der Waals surface area contributed by atoms with Crippen molar-refractivity contribution >= 4 is 29.5 Å². The van der Waals surface area contributed by atoms with Crippen molar-refractivity contribution in [2.75, 3.05) is 19.8 Å². The van der Waals surface area contributed by atoms with Gasteiger partial charge in [0.25, 0.3) is 0 Å². The smallest absolute Gasteiger partial charge is 0.310 e. The van der Waals surface area contributed by atoms with E-state index in [2.05, 4.69) is 13.2 Å². The molecule has 3 fully saturated rings. The molecule has 8 heteroatoms. The molecule has 6 atom stereocenters. The normalized spacial score (nSPS) is 31.9. The first-order valence-corrected chi connectivity index (χ1v) is 12.2. The molecule has 3 saturated heterocycles. The van der Waals surface area contributed by atoms with Crippen molar-refractivity contribution in [2.45, 2.75) is 74.6 Å². The first-order chi connectivity index (χ1) is 15.0. The van der Waals surface area contributed by atoms with Crippen LogP contribution >= 0.6 is 11.8 Å². The molecule has 0 aliphatic carbocycles. The van der Waals surface area contributed by atoms with Crippen LogP contribution in [0.3, 0.4) is 0 Å². The largest absolute Gasteiger partial charge is 0.465 e. The number of carbonyl (C=O) groups is 3. The minimum atomic E-state index is -0.734. The van der Waals surface area contributed by atoms with Crippen molar-refractivity contribution in [3.05, 3.63) is 25.3 Å². The number of hydrogen-bond acceptors (Lipinski definition) is 6. The van der Waals surface area contributed by atoms with Crippen LogP contribution in [0.1, 0.15) is 47.0 Å². The number of likely N-dealkylation sites (tertiary alicyclic amines) is 1. The predicted octanol–water partition coefficient (Wildman–Crippen LogP) is 2.39. The molecule has 32 heavy (non-hydrogen) atoms. The number of hydrogen-bond donors (Lipinski definition) is 1. The third kappa shape index (κ3) is 3.89. The molecule has 3 aliphatic heterocycles. The van der Waals surface area contributed by atoms with E-state index < -0.39 is 34.2 Å². The molecule has 0 aromatic carbocycles. The number of rotatable bonds is 9. The Hall–Kier alpha value is -1.80. The Balaban J connectivity index is 2.03. The first kappa shape index (κ1) is 24.8. The molecule has 2 bridgehead atoms. The van der Waals surface area contributed by atoms with E-state index in [0.717, 1.165) is 6.42 Å². The van der Waals surface area contributed by atoms with Gasteiger partial charge in [0.2, 0.25) is 11.8 Å². The summed E-state index contributed by atoms with van der Waals surface area (Å²) in [5, 5.41) is 9.88. The van der Waals surface area contributed by atoms with Crippen molar-refractivity contribution in [2.24, 2.45) is 11.8 Å². The molecule has 178 valence electrons. The minimum Gasteiger partial charge on any atom is -0.465 e. The van der Waals surface area contributed by atoms with Crippen molar-refractivity contribution in [3.8, 4) is 0 Å². The maximum atomic E-state index is 14.0. The number of amides is 2. The molecule has 2 amide bonds. The van der Waals surface area contributed by atoms with Gasteiger partial charge in [-0.05, 0) is 47.0 Å². The van der Waals surface area contributed by atoms with E-state index in [0.29, 0.717) is 19.4 Å². The van der Waals surface area contributed by atoms with Crippen LogP contribution in [-0.4, -0.2) is 80.1 Å². The maximum Gasteiger partial charge on any atom is 0.310 e. The van der Waals surface area contributed by atoms with Crippen molar-refractivity contribution in [3.63, 3.8) is 0 Å². The van der Waals surface area contributed by atoms with Crippen molar-refractivity contribution < 1.29 is 24.2 Å². The van der Waals surface area contributed by atoms with Crippen LogP contribution in [0, 0.1) is 11.8 Å². The van der Waals surface area contributed by atoms with Gasteiger partial charge >= 0.3 is 5.97 Å². The quantitative estimate of drug-likeness (QED) is 0.320. The van der Waals surface area contributed by atoms with Gasteiger partial charge in [0.05, 0.1) is 35.8 Å². The van der Waals surface area contributed by atoms with Gasteiger partial charge in [-0.25, -0.2) is 0 Å². The van der Waals surface area contributed by atoms with E-state index in [1.807, 2.05) is 20.8 Å². The fraction of sp³-hybridized carbons (Fsp3) is 0.708. The van der Waals surface area contributed by atoms with Crippen LogP contribution in [0.2, 0.25) is 0 Å². The average molecular weight is 465 g/mol. The summed E-state index contributed by atoms with van der Waals surface area (Å²) >= 11 is 1.60. The Morgan fingerprint density at radius 3 is 2.62 bits per heavy atom. The first-order valence-electron chi connectivity index (χ1n) is 11.4. The highest BCUT2D eigenvalue weighted by atomic mass is 32.2. The number of aliphatic hydroxyl groups excluding tert-OH is 1. The number of fused-ring (bicyclic) bond motifs is 1. The highest BCUT2D eigenvalue weighted by Crippen LogP contribution is 2.67. The van der Waals surface area contributed by atoms with Crippen molar-refractivity contribution in [1.29, 1.82) is 0 Å². The topological polar surface area (TPSA) is 87.1 Å². The van der Waals surface area contributed by atoms with Gasteiger partial charge in [0.1, 0.15) is 6.04 Å². The molecule has 3 rings (SSSR count). The molecular weight excluding hydrogens is 428 g/mol. The zero-order valence-electron chi connectivity index (χ0n) is 19.6. The number of aliphatic hydroxyl groups is 1. The third-order valence-corrected chi connectivity index (χ3v) is 8.89. The third-order valence-electron chi connectivity index (χ3n) is 6.94. The second-order valence-corrected chi connectivity index (χ2v) is 11.6. The van der Waals surface area contributed by atoms with E-state index in [-0.39, 0.29) is 36.2 Å². The van der Waals surface area contributed by atoms with Gasteiger partial charge in [-0.1, -0.05) is 12.2 Å². The Labute approximate surface area is 195 Å². The lowest BCUT2D eigenvalue weighted by atomic mass is 9.71. The van der Waals surface area contributed by atoms with Crippen LogP contribution in [0.15, 0.2) is 25.3 Å². The molecule has 3 aliphatic rings. The summed E-state index contributed by atoms with van der Waals surface area (Å²) in [5.41, 5.74) is -0.471. The van der Waals surface area contributed by atoms with Gasteiger partial charge in [0.15, 0.2) is 0 Å². The second kappa shape index (κ2) is 9.21. The lowest BCUT2D eigenvalue weighted by molar-refractivity contribution is -0.154. The van der Waals surface area contributed by atoms with E-state index in [4.69, 9.17) is 4.74 Å². The summed E-state index contributed by atoms with van der Waals surface area (Å²) < 4.78 is 4.79. The van der Waals surface area contributed by atoms with Crippen LogP contribution in [-0.2, 0) is 19.1 Å². The second-order valence-electron chi connectivity index (χ2n) is 9.99. The average Bonchev–Trinajstić information content (AvgIpc) is 3.37. The van der Waals surface area contributed by atoms with E-state index in [1.165, 1.54) is 0 Å². The Kier molecular flexibility index (Phi) is 7.15. The van der Waals surface area contributed by atoms with Crippen molar-refractivity contribution in [1.82, 2.24) is 9.80 Å². The van der Waals surface area contributed by atoms with Crippen LogP contribution in [0.5, 0.6) is 0 Å². The summed E-state index contributed by atoms with van der Waals surface area (Å²) in [4.78, 5) is 44.1. The molecule has 1 spiro atoms. The van der Waals surface area contributed by atoms with Gasteiger partial charge in [0, 0.05) is 17.3 Å². The molecule has 1 N–H and O–H groups in total. The van der Waals surface area contributed by atoms with E-state index in [9.17, 15) is 19.5 Å². The summed E-state index contributed by atoms with van der Waals surface area (Å²) in [6.07, 6.45) is 5.37. The highest BCUT2D eigenvalue weighted by Gasteiger charge is 2.74. The molecule has 0 saturated carbocycles. The molecular formula is C24H36N2O5S. The Bertz CT molecular complexity index is 794. The standard InChI is InChI=1S/C24H36N2O5S/c1-7-9-13-31-22(30)17-16-10-11-24(32-16)18(17)20(28)26(15(3)14-27)19(24)21(29)25(12-8-2)23(4,5)6/h7-8,15-19,27H,1-2,9-14H2,3-6H3/t15-,16-,17+,18+,19?,24?/m1/s1. The van der Waals surface area contributed by atoms with Crippen LogP contribution in [0.4, 0.5) is 0 Å². The minimum absolute atomic E-state index is 0.0374. The zero-order valence-corrected chi connectivity index (χ0v) is 20.4. The van der Waals surface area contributed by atoms with Crippen LogP contribution in [0.25, 0.3) is 0 Å². The SMILES string of the molecule is C=CCCOC(=O)[C@@H]1[C@H]2C(=O)N([C@H](C)CO)C(C(=O)N(CC=C)C(C)(C)C)C23CC[C@H]1S3. The van der Waals surface area contributed by atoms with Gasteiger partial charge in [-0.3, -0.25) is 14.4 Å². The van der Waals surface area contributed by atoms with Crippen LogP contribution < -0.4 is 0 Å². The predicted molar refractivity (Wildman–Crippen MR) is 125 cm³/mol. The maximum absolute atomic E-state index is 14.0. The van der Waals surface area contributed by atoms with E-state index >= 15 is 0 Å². The summed E-state index contributed by atoms with van der Waals surface area (Å²) in [7, 11) is 0. The Morgan fingerprint density at radius 2 is 2.06 bits per heavy atom. The zero-order chi connectivity index (χ0) is 23.8. The molecule has 2 unspecified atom stereocenters. The summed E-state index contributed by atoms with van der Waals surface area (Å²) in [5.74, 6) is -1.93. The number of carbonyl (C=O) groups excluding carboxylic acids is 3. The molecule has 0 radical (unpaired) electrons. The number of ether oxygens (including phenoxy) is 1. The van der Waals surface area contributed by atoms with Gasteiger partial charge in [-0.2, -0.15) is 0 Å². The van der Waals surface area contributed by atoms with Gasteiger partial charge in [-0.15, -0.1) is 24.9 Å². The summed E-state index contributed by atoms with van der Waals surface area (Å²) in [6.45, 7) is 15.4. The molecule has 7 nitrogen and oxygen atoms in total. The fourth-order valence-corrected chi connectivity index (χ4v) is 7.70. The number of thioether (sulfide) groups is 1. The fourth-order valence-electron chi connectivity index (χ4n) is 5.51. The lowest BCUT2D eigenvalue weighted by Gasteiger charge is -2.43. The molecule has 0 aromatic rings.